The molecule has 0 saturated heterocycles. The smallest absolute Gasteiger partial charge is 0.187 e. The third-order valence-electron chi connectivity index (χ3n) is 4.97. The van der Waals surface area contributed by atoms with Gasteiger partial charge in [-0.25, -0.2) is 0 Å². The van der Waals surface area contributed by atoms with Gasteiger partial charge in [-0.2, -0.15) is 0 Å². The molecule has 0 aromatic heterocycles. The van der Waals surface area contributed by atoms with Crippen LogP contribution < -0.4 is 0 Å². The summed E-state index contributed by atoms with van der Waals surface area (Å²) in [5.74, 6) is 0.847. The highest BCUT2D eigenvalue weighted by atomic mass is 28.4. The van der Waals surface area contributed by atoms with Gasteiger partial charge in [0.05, 0.1) is 0 Å². The fraction of sp³-hybridized carbons (Fsp3) is 1.00. The average Bonchev–Trinajstić information content (AvgIpc) is 2.43. The van der Waals surface area contributed by atoms with Crippen molar-refractivity contribution in [3.05, 3.63) is 0 Å². The van der Waals surface area contributed by atoms with Gasteiger partial charge in [-0.1, -0.05) is 71.6 Å². The van der Waals surface area contributed by atoms with Crippen LogP contribution in [0, 0.1) is 5.92 Å². The summed E-state index contributed by atoms with van der Waals surface area (Å²) in [4.78, 5) is 0. The molecule has 0 heterocycles. The first-order chi connectivity index (χ1) is 9.59. The molecule has 0 aromatic rings. The van der Waals surface area contributed by atoms with Crippen molar-refractivity contribution in [2.24, 2.45) is 5.92 Å². The first kappa shape index (κ1) is 18.2. The maximum Gasteiger partial charge on any atom is 0.187 e. The Hall–Kier alpha value is 0.177. The molecular weight excluding hydrogens is 260 g/mol. The molecule has 0 aromatic carbocycles. The predicted octanol–water partition coefficient (Wildman–Crippen LogP) is 6.54. The highest BCUT2D eigenvalue weighted by Gasteiger charge is 2.31. The summed E-state index contributed by atoms with van der Waals surface area (Å²) < 4.78 is 6.65. The van der Waals surface area contributed by atoms with Gasteiger partial charge in [0.15, 0.2) is 8.32 Å². The zero-order chi connectivity index (χ0) is 14.8. The van der Waals surface area contributed by atoms with Crippen LogP contribution in [0.5, 0.6) is 0 Å². The number of unbranched alkanes of at least 4 members (excludes halogenated alkanes) is 5. The zero-order valence-electron chi connectivity index (χ0n) is 14.5. The minimum Gasteiger partial charge on any atom is -0.414 e. The Morgan fingerprint density at radius 3 is 2.25 bits per heavy atom. The molecule has 0 radical (unpaired) electrons. The van der Waals surface area contributed by atoms with Gasteiger partial charge in [0, 0.05) is 6.10 Å². The third kappa shape index (κ3) is 7.26. The van der Waals surface area contributed by atoms with Crippen molar-refractivity contribution in [1.82, 2.24) is 0 Å². The van der Waals surface area contributed by atoms with Gasteiger partial charge >= 0.3 is 0 Å². The van der Waals surface area contributed by atoms with E-state index >= 15 is 0 Å². The van der Waals surface area contributed by atoms with Gasteiger partial charge in [0.1, 0.15) is 0 Å². The van der Waals surface area contributed by atoms with Gasteiger partial charge < -0.3 is 4.43 Å². The monoisotopic (exact) mass is 298 g/mol. The normalized spacial score (nSPS) is 24.0. The Morgan fingerprint density at radius 2 is 1.55 bits per heavy atom. The first-order valence-electron chi connectivity index (χ1n) is 9.27. The number of hydrogen-bond donors (Lipinski definition) is 0. The summed E-state index contributed by atoms with van der Waals surface area (Å²) in [6.07, 6.45) is 15.9. The van der Waals surface area contributed by atoms with Crippen molar-refractivity contribution in [3.63, 3.8) is 0 Å². The van der Waals surface area contributed by atoms with E-state index in [-0.39, 0.29) is 0 Å². The summed E-state index contributed by atoms with van der Waals surface area (Å²) >= 11 is 0. The van der Waals surface area contributed by atoms with E-state index in [1.54, 1.807) is 0 Å². The van der Waals surface area contributed by atoms with E-state index in [1.807, 2.05) is 0 Å². The molecule has 0 bridgehead atoms. The van der Waals surface area contributed by atoms with Crippen molar-refractivity contribution < 1.29 is 4.43 Å². The van der Waals surface area contributed by atoms with Crippen molar-refractivity contribution >= 4 is 8.32 Å². The molecule has 2 heteroatoms. The fourth-order valence-corrected chi connectivity index (χ4v) is 5.94. The van der Waals surface area contributed by atoms with Crippen LogP contribution in [0.4, 0.5) is 0 Å². The van der Waals surface area contributed by atoms with Crippen LogP contribution in [0.2, 0.25) is 19.1 Å². The zero-order valence-corrected chi connectivity index (χ0v) is 15.5. The van der Waals surface area contributed by atoms with E-state index < -0.39 is 8.32 Å². The Balaban J connectivity index is 2.22. The van der Waals surface area contributed by atoms with E-state index in [1.165, 1.54) is 76.7 Å². The van der Waals surface area contributed by atoms with Crippen molar-refractivity contribution in [2.75, 3.05) is 0 Å². The molecule has 1 aliphatic rings. The Morgan fingerprint density at radius 1 is 0.900 bits per heavy atom. The van der Waals surface area contributed by atoms with E-state index in [0.29, 0.717) is 6.10 Å². The number of rotatable bonds is 10. The predicted molar refractivity (Wildman–Crippen MR) is 92.8 cm³/mol. The lowest BCUT2D eigenvalue weighted by Gasteiger charge is -2.37. The molecule has 2 atom stereocenters. The van der Waals surface area contributed by atoms with Crippen LogP contribution in [0.15, 0.2) is 0 Å². The minimum absolute atomic E-state index is 0.593. The molecular formula is C18H38OSi. The van der Waals surface area contributed by atoms with E-state index in [0.717, 1.165) is 5.92 Å². The van der Waals surface area contributed by atoms with Gasteiger partial charge in [-0.05, 0) is 37.9 Å². The molecule has 1 saturated carbocycles. The number of hydrogen-bond acceptors (Lipinski definition) is 1. The van der Waals surface area contributed by atoms with Crippen LogP contribution in [0.3, 0.4) is 0 Å². The van der Waals surface area contributed by atoms with E-state index in [4.69, 9.17) is 4.43 Å². The Bertz CT molecular complexity index is 240. The lowest BCUT2D eigenvalue weighted by Crippen LogP contribution is -2.40. The second-order valence-electron chi connectivity index (χ2n) is 7.39. The van der Waals surface area contributed by atoms with Crippen LogP contribution >= 0.6 is 0 Å². The molecule has 1 rings (SSSR count). The highest BCUT2D eigenvalue weighted by molar-refractivity contribution is 6.71. The van der Waals surface area contributed by atoms with Crippen molar-refractivity contribution in [1.29, 1.82) is 0 Å². The van der Waals surface area contributed by atoms with Crippen LogP contribution in [-0.4, -0.2) is 14.4 Å². The van der Waals surface area contributed by atoms with Crippen LogP contribution in [0.25, 0.3) is 0 Å². The molecule has 1 nitrogen and oxygen atoms in total. The quantitative estimate of drug-likeness (QED) is 0.329. The Kier molecular flexibility index (Phi) is 9.11. The van der Waals surface area contributed by atoms with Gasteiger partial charge in [-0.3, -0.25) is 0 Å². The molecule has 120 valence electrons. The molecule has 0 N–H and O–H groups in total. The summed E-state index contributed by atoms with van der Waals surface area (Å²) in [5, 5.41) is 0. The average molecular weight is 299 g/mol. The highest BCUT2D eigenvalue weighted by Crippen LogP contribution is 2.32. The van der Waals surface area contributed by atoms with E-state index in [2.05, 4.69) is 26.9 Å². The van der Waals surface area contributed by atoms with Crippen molar-refractivity contribution in [2.45, 2.75) is 110 Å². The molecule has 0 spiro atoms. The SMILES string of the molecule is CCCCCCCC[Si](C)(C)OC1CCCCC1CC. The molecule has 2 unspecified atom stereocenters. The van der Waals surface area contributed by atoms with Gasteiger partial charge in [-0.15, -0.1) is 0 Å². The lowest BCUT2D eigenvalue weighted by atomic mass is 9.85. The molecule has 20 heavy (non-hydrogen) atoms. The third-order valence-corrected chi connectivity index (χ3v) is 7.47. The Labute approximate surface area is 129 Å². The molecule has 1 aliphatic carbocycles. The minimum atomic E-state index is -1.42. The summed E-state index contributed by atoms with van der Waals surface area (Å²) in [6.45, 7) is 9.52. The van der Waals surface area contributed by atoms with Crippen molar-refractivity contribution in [3.8, 4) is 0 Å². The molecule has 1 fully saturated rings. The topological polar surface area (TPSA) is 9.23 Å². The summed E-state index contributed by atoms with van der Waals surface area (Å²) in [5.41, 5.74) is 0. The first-order valence-corrected chi connectivity index (χ1v) is 12.4. The molecule has 0 aliphatic heterocycles. The van der Waals surface area contributed by atoms with Crippen LogP contribution in [-0.2, 0) is 4.43 Å². The van der Waals surface area contributed by atoms with Crippen LogP contribution in [0.1, 0.15) is 84.5 Å². The molecule has 0 amide bonds. The largest absolute Gasteiger partial charge is 0.414 e. The summed E-state index contributed by atoms with van der Waals surface area (Å²) in [7, 11) is -1.42. The second-order valence-corrected chi connectivity index (χ2v) is 11.6. The standard InChI is InChI=1S/C18H38OSi/c1-5-7-8-9-10-13-16-20(3,4)19-18-15-12-11-14-17(18)6-2/h17-18H,5-16H2,1-4H3. The lowest BCUT2D eigenvalue weighted by molar-refractivity contribution is 0.0821. The fourth-order valence-electron chi connectivity index (χ4n) is 3.60. The summed E-state index contributed by atoms with van der Waals surface area (Å²) in [6, 6.07) is 1.37. The van der Waals surface area contributed by atoms with Gasteiger partial charge in [0.25, 0.3) is 0 Å². The maximum atomic E-state index is 6.65. The van der Waals surface area contributed by atoms with Gasteiger partial charge in [0.2, 0.25) is 0 Å². The van der Waals surface area contributed by atoms with E-state index in [9.17, 15) is 0 Å². The second kappa shape index (κ2) is 10.00. The maximum absolute atomic E-state index is 6.65.